The second-order valence-electron chi connectivity index (χ2n) is 9.14. The van der Waals surface area contributed by atoms with Crippen molar-refractivity contribution in [3.8, 4) is 0 Å². The van der Waals surface area contributed by atoms with Gasteiger partial charge in [-0.05, 0) is 61.9 Å². The second-order valence-corrected chi connectivity index (χ2v) is 9.58. The molecule has 2 aromatic carbocycles. The Morgan fingerprint density at radius 3 is 2.50 bits per heavy atom. The van der Waals surface area contributed by atoms with Crippen LogP contribution in [0.5, 0.6) is 0 Å². The number of anilines is 1. The third-order valence-corrected chi connectivity index (χ3v) is 6.76. The number of aromatic nitrogens is 2. The van der Waals surface area contributed by atoms with Crippen LogP contribution in [0.4, 0.5) is 18.9 Å². The van der Waals surface area contributed by atoms with E-state index >= 15 is 0 Å². The van der Waals surface area contributed by atoms with E-state index in [0.29, 0.717) is 35.7 Å². The highest BCUT2D eigenvalue weighted by atomic mass is 35.5. The molecule has 0 radical (unpaired) electrons. The lowest BCUT2D eigenvalue weighted by atomic mass is 9.92. The van der Waals surface area contributed by atoms with E-state index in [4.69, 9.17) is 11.6 Å². The first-order chi connectivity index (χ1) is 17.1. The first kappa shape index (κ1) is 25.9. The molecule has 36 heavy (non-hydrogen) atoms. The topological polar surface area (TPSA) is 55.2 Å². The lowest BCUT2D eigenvalue weighted by Crippen LogP contribution is -2.35. The maximum Gasteiger partial charge on any atom is 0.435 e. The van der Waals surface area contributed by atoms with Gasteiger partial charge in [0.1, 0.15) is 0 Å². The van der Waals surface area contributed by atoms with Crippen LogP contribution in [0.2, 0.25) is 5.02 Å². The van der Waals surface area contributed by atoms with Crippen molar-refractivity contribution >= 4 is 29.0 Å². The number of halogens is 4. The number of benzene rings is 2. The van der Waals surface area contributed by atoms with E-state index in [-0.39, 0.29) is 36.6 Å². The predicted molar refractivity (Wildman–Crippen MR) is 132 cm³/mol. The zero-order valence-corrected chi connectivity index (χ0v) is 20.6. The van der Waals surface area contributed by atoms with E-state index in [1.165, 1.54) is 9.58 Å². The number of hydrogen-bond acceptors (Lipinski definition) is 3. The van der Waals surface area contributed by atoms with E-state index in [0.717, 1.165) is 12.0 Å². The van der Waals surface area contributed by atoms with Gasteiger partial charge in [-0.1, -0.05) is 41.9 Å². The van der Waals surface area contributed by atoms with Crippen molar-refractivity contribution in [2.75, 3.05) is 11.9 Å². The van der Waals surface area contributed by atoms with Gasteiger partial charge < -0.3 is 4.90 Å². The monoisotopic (exact) mass is 517 g/mol. The van der Waals surface area contributed by atoms with Gasteiger partial charge in [0.05, 0.1) is 6.54 Å². The van der Waals surface area contributed by atoms with Crippen LogP contribution in [0.1, 0.15) is 41.8 Å². The summed E-state index contributed by atoms with van der Waals surface area (Å²) in [7, 11) is 1.65. The van der Waals surface area contributed by atoms with Gasteiger partial charge in [0.25, 0.3) is 0 Å². The Bertz CT molecular complexity index is 1240. The Labute approximate surface area is 212 Å². The molecule has 3 aromatic rings. The third-order valence-electron chi connectivity index (χ3n) is 6.52. The zero-order valence-electron chi connectivity index (χ0n) is 19.9. The molecule has 0 N–H and O–H groups in total. The molecular weight excluding hydrogens is 491 g/mol. The molecule has 4 rings (SSSR count). The molecule has 1 amide bonds. The molecule has 0 aliphatic heterocycles. The van der Waals surface area contributed by atoms with Gasteiger partial charge in [-0.2, -0.15) is 18.3 Å². The summed E-state index contributed by atoms with van der Waals surface area (Å²) in [5.41, 5.74) is 1.24. The molecule has 1 unspecified atom stereocenters. The van der Waals surface area contributed by atoms with Crippen LogP contribution >= 0.6 is 11.6 Å². The summed E-state index contributed by atoms with van der Waals surface area (Å²) < 4.78 is 41.8. The van der Waals surface area contributed by atoms with Gasteiger partial charge >= 0.3 is 6.18 Å². The summed E-state index contributed by atoms with van der Waals surface area (Å²) in [5, 5.41) is 4.31. The van der Waals surface area contributed by atoms with Crippen molar-refractivity contribution in [1.29, 1.82) is 0 Å². The van der Waals surface area contributed by atoms with Crippen LogP contribution in [-0.2, 0) is 41.6 Å². The number of amides is 1. The highest BCUT2D eigenvalue weighted by molar-refractivity contribution is 6.30. The average molecular weight is 518 g/mol. The summed E-state index contributed by atoms with van der Waals surface area (Å²) in [4.78, 5) is 28.1. The van der Waals surface area contributed by atoms with Gasteiger partial charge in [0.15, 0.2) is 11.5 Å². The minimum absolute atomic E-state index is 0.126. The van der Waals surface area contributed by atoms with Gasteiger partial charge in [-0.15, -0.1) is 0 Å². The quantitative estimate of drug-likeness (QED) is 0.373. The van der Waals surface area contributed by atoms with Crippen molar-refractivity contribution < 1.29 is 22.8 Å². The predicted octanol–water partition coefficient (Wildman–Crippen LogP) is 5.92. The van der Waals surface area contributed by atoms with E-state index in [1.54, 1.807) is 37.4 Å². The van der Waals surface area contributed by atoms with Crippen LogP contribution in [-0.4, -0.2) is 28.5 Å². The summed E-state index contributed by atoms with van der Waals surface area (Å²) in [6.45, 7) is -0.299. The Morgan fingerprint density at radius 1 is 1.08 bits per heavy atom. The molecule has 0 saturated carbocycles. The Balaban J connectivity index is 1.57. The van der Waals surface area contributed by atoms with Gasteiger partial charge in [-0.3, -0.25) is 14.3 Å². The van der Waals surface area contributed by atoms with Crippen molar-refractivity contribution in [3.05, 3.63) is 82.1 Å². The molecule has 0 saturated heterocycles. The lowest BCUT2D eigenvalue weighted by Gasteiger charge is -2.24. The number of alkyl halides is 3. The maximum atomic E-state index is 13.5. The highest BCUT2D eigenvalue weighted by Gasteiger charge is 2.39. The third kappa shape index (κ3) is 5.98. The molecule has 9 heteroatoms. The first-order valence-corrected chi connectivity index (χ1v) is 12.3. The van der Waals surface area contributed by atoms with Crippen LogP contribution in [0.15, 0.2) is 54.6 Å². The summed E-state index contributed by atoms with van der Waals surface area (Å²) in [6, 6.07) is 16.1. The van der Waals surface area contributed by atoms with Gasteiger partial charge in [-0.25, -0.2) is 0 Å². The summed E-state index contributed by atoms with van der Waals surface area (Å²) in [6.07, 6.45) is -2.26. The maximum absolute atomic E-state index is 13.5. The molecular formula is C27H27ClF3N3O2. The number of hydrogen-bond donors (Lipinski definition) is 0. The smallest absolute Gasteiger partial charge is 0.315 e. The molecule has 1 atom stereocenters. The molecule has 0 spiro atoms. The molecule has 1 aliphatic carbocycles. The zero-order chi connectivity index (χ0) is 25.9. The SMILES string of the molecule is CN(C(=O)C(CC(=O)Cn1nc(C(F)(F)F)c2c1CCCC2)Cc1cccc(Cl)c1)c1ccccc1. The molecule has 190 valence electrons. The number of rotatable bonds is 8. The highest BCUT2D eigenvalue weighted by Crippen LogP contribution is 2.36. The standard InChI is InChI=1S/C27H27ClF3N3O2/c1-33(21-10-3-2-4-11-21)26(36)19(14-18-8-7-9-20(28)15-18)16-22(35)17-34-24-13-6-5-12-23(24)25(32-34)27(29,30)31/h2-4,7-11,15,19H,5-6,12-14,16-17H2,1H3. The summed E-state index contributed by atoms with van der Waals surface area (Å²) in [5.74, 6) is -1.32. The average Bonchev–Trinajstić information content (AvgIpc) is 3.22. The molecule has 1 aliphatic rings. The molecule has 0 bridgehead atoms. The van der Waals surface area contributed by atoms with Crippen molar-refractivity contribution in [1.82, 2.24) is 9.78 Å². The number of ketones is 1. The number of para-hydroxylation sites is 1. The Hall–Kier alpha value is -3.13. The van der Waals surface area contributed by atoms with E-state index in [9.17, 15) is 22.8 Å². The fourth-order valence-electron chi connectivity index (χ4n) is 4.78. The van der Waals surface area contributed by atoms with Crippen molar-refractivity contribution in [3.63, 3.8) is 0 Å². The van der Waals surface area contributed by atoms with Crippen LogP contribution in [0.25, 0.3) is 0 Å². The first-order valence-electron chi connectivity index (χ1n) is 11.9. The lowest BCUT2D eigenvalue weighted by molar-refractivity contribution is -0.142. The largest absolute Gasteiger partial charge is 0.435 e. The van der Waals surface area contributed by atoms with E-state index in [2.05, 4.69) is 5.10 Å². The Kier molecular flexibility index (Phi) is 7.83. The number of fused-ring (bicyclic) bond motifs is 1. The Morgan fingerprint density at radius 2 is 1.81 bits per heavy atom. The van der Waals surface area contributed by atoms with Crippen LogP contribution in [0, 0.1) is 5.92 Å². The number of carbonyl (C=O) groups is 2. The van der Waals surface area contributed by atoms with Gasteiger partial charge in [0, 0.05) is 41.4 Å². The van der Waals surface area contributed by atoms with Gasteiger partial charge in [0.2, 0.25) is 5.91 Å². The normalized spacial score (nSPS) is 14.2. The second kappa shape index (κ2) is 10.9. The van der Waals surface area contributed by atoms with Crippen molar-refractivity contribution in [2.24, 2.45) is 5.92 Å². The van der Waals surface area contributed by atoms with E-state index < -0.39 is 17.8 Å². The fraction of sp³-hybridized carbons (Fsp3) is 0.370. The van der Waals surface area contributed by atoms with Crippen LogP contribution < -0.4 is 4.90 Å². The minimum Gasteiger partial charge on any atom is -0.315 e. The molecule has 0 fully saturated rings. The molecule has 1 heterocycles. The number of Topliss-reactive ketones (excluding diaryl/α,β-unsaturated/α-hetero) is 1. The van der Waals surface area contributed by atoms with E-state index in [1.807, 2.05) is 24.3 Å². The molecule has 5 nitrogen and oxygen atoms in total. The summed E-state index contributed by atoms with van der Waals surface area (Å²) >= 11 is 6.12. The van der Waals surface area contributed by atoms with Crippen LogP contribution in [0.3, 0.4) is 0 Å². The number of carbonyl (C=O) groups excluding carboxylic acids is 2. The number of nitrogens with zero attached hydrogens (tertiary/aromatic N) is 3. The fourth-order valence-corrected chi connectivity index (χ4v) is 5.00. The molecule has 1 aromatic heterocycles. The minimum atomic E-state index is -4.57. The van der Waals surface area contributed by atoms with Crippen molar-refractivity contribution in [2.45, 2.75) is 51.2 Å².